The van der Waals surface area contributed by atoms with Gasteiger partial charge in [-0.05, 0) is 24.8 Å². The second-order valence-corrected chi connectivity index (χ2v) is 5.10. The van der Waals surface area contributed by atoms with Gasteiger partial charge in [-0.25, -0.2) is 4.98 Å². The summed E-state index contributed by atoms with van der Waals surface area (Å²) in [6, 6.07) is 2.75. The smallest absolute Gasteiger partial charge is 0.273 e. The van der Waals surface area contributed by atoms with Gasteiger partial charge in [0.2, 0.25) is 0 Å². The summed E-state index contributed by atoms with van der Waals surface area (Å²) in [5.74, 6) is 0.234. The molecule has 20 heavy (non-hydrogen) atoms. The minimum absolute atomic E-state index is 0.143. The summed E-state index contributed by atoms with van der Waals surface area (Å²) < 4.78 is 0. The lowest BCUT2D eigenvalue weighted by atomic mass is 10.0. The number of nitrogens with one attached hydrogen (secondary N) is 1. The second-order valence-electron chi connectivity index (χ2n) is 5.10. The molecule has 1 aliphatic rings. The third-order valence-electron chi connectivity index (χ3n) is 3.63. The van der Waals surface area contributed by atoms with Gasteiger partial charge in [0.05, 0.1) is 28.3 Å². The Bertz CT molecular complexity index is 736. The molecule has 1 atom stereocenters. The van der Waals surface area contributed by atoms with Crippen LogP contribution in [-0.2, 0) is 6.42 Å². The molecule has 2 N–H and O–H groups in total. The largest absolute Gasteiger partial charge is 0.392 e. The summed E-state index contributed by atoms with van der Waals surface area (Å²) in [5.41, 5.74) is 0.264. The van der Waals surface area contributed by atoms with Gasteiger partial charge in [-0.2, -0.15) is 0 Å². The van der Waals surface area contributed by atoms with Crippen molar-refractivity contribution in [3.8, 4) is 0 Å². The molecule has 0 radical (unpaired) electrons. The predicted molar refractivity (Wildman–Crippen MR) is 71.5 cm³/mol. The average Bonchev–Trinajstić information content (AvgIpc) is 3.22. The molecule has 1 heterocycles. The van der Waals surface area contributed by atoms with Crippen LogP contribution in [0.2, 0.25) is 0 Å². The molecule has 0 saturated heterocycles. The summed E-state index contributed by atoms with van der Waals surface area (Å²) in [6.07, 6.45) is 2.82. The number of hydrogen-bond acceptors (Lipinski definition) is 5. The number of aliphatic hydroxyl groups excluding tert-OH is 1. The maximum atomic E-state index is 11.6. The molecule has 1 unspecified atom stereocenters. The quantitative estimate of drug-likeness (QED) is 0.642. The summed E-state index contributed by atoms with van der Waals surface area (Å²) in [7, 11) is 0. The third-order valence-corrected chi connectivity index (χ3v) is 3.63. The van der Waals surface area contributed by atoms with Crippen LogP contribution in [0.1, 0.15) is 18.4 Å². The molecule has 1 aromatic carbocycles. The predicted octanol–water partition coefficient (Wildman–Crippen LogP) is 1.14. The third kappa shape index (κ3) is 2.27. The first-order chi connectivity index (χ1) is 9.56. The zero-order valence-corrected chi connectivity index (χ0v) is 10.6. The molecule has 0 aliphatic heterocycles. The molecule has 1 aliphatic carbocycles. The average molecular weight is 275 g/mol. The van der Waals surface area contributed by atoms with E-state index in [0.717, 1.165) is 12.8 Å². The number of nitrogens with zero attached hydrogens (tertiary/aromatic N) is 2. The van der Waals surface area contributed by atoms with Crippen LogP contribution in [-0.4, -0.2) is 26.1 Å². The van der Waals surface area contributed by atoms with Crippen molar-refractivity contribution in [1.82, 2.24) is 9.97 Å². The Balaban J connectivity index is 2.10. The Labute approximate surface area is 113 Å². The van der Waals surface area contributed by atoms with Crippen LogP contribution in [0.15, 0.2) is 23.3 Å². The zero-order valence-electron chi connectivity index (χ0n) is 10.6. The van der Waals surface area contributed by atoms with Crippen molar-refractivity contribution in [2.45, 2.75) is 25.4 Å². The number of aromatic amines is 1. The molecule has 0 bridgehead atoms. The number of benzene rings is 1. The number of aromatic nitrogens is 2. The zero-order chi connectivity index (χ0) is 14.3. The lowest BCUT2D eigenvalue weighted by Crippen LogP contribution is -2.15. The molecule has 1 aromatic heterocycles. The van der Waals surface area contributed by atoms with Gasteiger partial charge in [-0.15, -0.1) is 0 Å². The molecule has 7 nitrogen and oxygen atoms in total. The Morgan fingerprint density at radius 3 is 2.90 bits per heavy atom. The Morgan fingerprint density at radius 1 is 1.50 bits per heavy atom. The van der Waals surface area contributed by atoms with Crippen LogP contribution in [0.25, 0.3) is 10.9 Å². The van der Waals surface area contributed by atoms with Crippen LogP contribution in [0, 0.1) is 16.0 Å². The molecule has 2 aromatic rings. The SMILES string of the molecule is O=c1[nH]cnc2cc(CC(O)C3CC3)c([N+](=O)[O-])cc12. The first-order valence-electron chi connectivity index (χ1n) is 6.39. The molecule has 104 valence electrons. The number of aliphatic hydroxyl groups is 1. The highest BCUT2D eigenvalue weighted by molar-refractivity contribution is 5.81. The molecular weight excluding hydrogens is 262 g/mol. The van der Waals surface area contributed by atoms with Gasteiger partial charge in [0, 0.05) is 18.1 Å². The van der Waals surface area contributed by atoms with E-state index in [1.165, 1.54) is 18.5 Å². The number of fused-ring (bicyclic) bond motifs is 1. The van der Waals surface area contributed by atoms with Crippen molar-refractivity contribution in [1.29, 1.82) is 0 Å². The summed E-state index contributed by atoms with van der Waals surface area (Å²) >= 11 is 0. The fourth-order valence-corrected chi connectivity index (χ4v) is 2.35. The van der Waals surface area contributed by atoms with Gasteiger partial charge >= 0.3 is 0 Å². The summed E-state index contributed by atoms with van der Waals surface area (Å²) in [5, 5.41) is 21.3. The van der Waals surface area contributed by atoms with Gasteiger partial charge in [-0.3, -0.25) is 14.9 Å². The van der Waals surface area contributed by atoms with E-state index in [2.05, 4.69) is 9.97 Å². The van der Waals surface area contributed by atoms with E-state index in [1.807, 2.05) is 0 Å². The van der Waals surface area contributed by atoms with Crippen LogP contribution >= 0.6 is 0 Å². The molecular formula is C13H13N3O4. The van der Waals surface area contributed by atoms with E-state index in [0.29, 0.717) is 11.1 Å². The number of nitro groups is 1. The molecule has 7 heteroatoms. The van der Waals surface area contributed by atoms with Crippen LogP contribution < -0.4 is 5.56 Å². The van der Waals surface area contributed by atoms with Gasteiger partial charge in [0.15, 0.2) is 0 Å². The van der Waals surface area contributed by atoms with Crippen molar-refractivity contribution < 1.29 is 10.0 Å². The lowest BCUT2D eigenvalue weighted by Gasteiger charge is -2.10. The van der Waals surface area contributed by atoms with E-state index in [-0.39, 0.29) is 23.4 Å². The van der Waals surface area contributed by atoms with Crippen molar-refractivity contribution in [3.63, 3.8) is 0 Å². The molecule has 1 saturated carbocycles. The normalized spacial score (nSPS) is 16.2. The highest BCUT2D eigenvalue weighted by Crippen LogP contribution is 2.35. The molecule has 0 amide bonds. The van der Waals surface area contributed by atoms with Crippen molar-refractivity contribution in [2.24, 2.45) is 5.92 Å². The Morgan fingerprint density at radius 2 is 2.25 bits per heavy atom. The lowest BCUT2D eigenvalue weighted by molar-refractivity contribution is -0.385. The van der Waals surface area contributed by atoms with E-state index in [1.54, 1.807) is 0 Å². The first-order valence-corrected chi connectivity index (χ1v) is 6.39. The van der Waals surface area contributed by atoms with E-state index in [9.17, 15) is 20.0 Å². The number of nitro benzene ring substituents is 1. The number of rotatable bonds is 4. The fourth-order valence-electron chi connectivity index (χ4n) is 2.35. The van der Waals surface area contributed by atoms with Crippen molar-refractivity contribution in [2.75, 3.05) is 0 Å². The van der Waals surface area contributed by atoms with Gasteiger partial charge in [0.25, 0.3) is 11.2 Å². The van der Waals surface area contributed by atoms with E-state index in [4.69, 9.17) is 0 Å². The van der Waals surface area contributed by atoms with Crippen molar-refractivity contribution in [3.05, 3.63) is 44.5 Å². The monoisotopic (exact) mass is 275 g/mol. The maximum absolute atomic E-state index is 11.6. The maximum Gasteiger partial charge on any atom is 0.273 e. The first kappa shape index (κ1) is 12.7. The van der Waals surface area contributed by atoms with Crippen molar-refractivity contribution >= 4 is 16.6 Å². The Hall–Kier alpha value is -2.28. The highest BCUT2D eigenvalue weighted by atomic mass is 16.6. The van der Waals surface area contributed by atoms with Crippen LogP contribution in [0.3, 0.4) is 0 Å². The molecule has 0 spiro atoms. The van der Waals surface area contributed by atoms with E-state index >= 15 is 0 Å². The van der Waals surface area contributed by atoms with Gasteiger partial charge < -0.3 is 10.1 Å². The number of hydrogen-bond donors (Lipinski definition) is 2. The number of H-pyrrole nitrogens is 1. The highest BCUT2D eigenvalue weighted by Gasteiger charge is 2.31. The summed E-state index contributed by atoms with van der Waals surface area (Å²) in [4.78, 5) is 28.6. The molecule has 3 rings (SSSR count). The van der Waals surface area contributed by atoms with Crippen LogP contribution in [0.5, 0.6) is 0 Å². The molecule has 1 fully saturated rings. The second kappa shape index (κ2) is 4.68. The van der Waals surface area contributed by atoms with Gasteiger partial charge in [-0.1, -0.05) is 0 Å². The topological polar surface area (TPSA) is 109 Å². The standard InChI is InChI=1S/C13H13N3O4/c17-12(7-1-2-7)4-8-3-10-9(5-11(8)16(19)20)13(18)15-6-14-10/h3,5-7,12,17H,1-2,4H2,(H,14,15,18). The minimum Gasteiger partial charge on any atom is -0.392 e. The minimum atomic E-state index is -0.576. The Kier molecular flexibility index (Phi) is 2.98. The van der Waals surface area contributed by atoms with Crippen LogP contribution in [0.4, 0.5) is 5.69 Å². The van der Waals surface area contributed by atoms with Gasteiger partial charge in [0.1, 0.15) is 0 Å². The fraction of sp³-hybridized carbons (Fsp3) is 0.385. The van der Waals surface area contributed by atoms with E-state index < -0.39 is 16.6 Å². The summed E-state index contributed by atoms with van der Waals surface area (Å²) in [6.45, 7) is 0.